The second-order valence-corrected chi connectivity index (χ2v) is 6.94. The van der Waals surface area contributed by atoms with Crippen molar-refractivity contribution in [2.45, 2.75) is 19.8 Å². The van der Waals surface area contributed by atoms with E-state index in [4.69, 9.17) is 4.42 Å². The van der Waals surface area contributed by atoms with Crippen LogP contribution in [0.5, 0.6) is 0 Å². The molecule has 0 atom stereocenters. The minimum atomic E-state index is -0.0697. The third kappa shape index (κ3) is 3.53. The molecule has 2 aromatic heterocycles. The number of hydrogen-bond donors (Lipinski definition) is 1. The maximum absolute atomic E-state index is 12.3. The Morgan fingerprint density at radius 2 is 1.88 bits per heavy atom. The summed E-state index contributed by atoms with van der Waals surface area (Å²) in [5.74, 6) is 0.637. The van der Waals surface area contributed by atoms with Gasteiger partial charge in [0, 0.05) is 10.8 Å². The Hall–Kier alpha value is -2.92. The lowest BCUT2D eigenvalue weighted by Gasteiger charge is -2.03. The summed E-state index contributed by atoms with van der Waals surface area (Å²) in [6, 6.07) is 17.9. The highest BCUT2D eigenvalue weighted by atomic mass is 32.1. The largest absolute Gasteiger partial charge is 0.454 e. The van der Waals surface area contributed by atoms with E-state index in [0.29, 0.717) is 17.3 Å². The minimum Gasteiger partial charge on any atom is -0.454 e. The van der Waals surface area contributed by atoms with Crippen LogP contribution in [0.2, 0.25) is 0 Å². The SMILES string of the molecule is CCc1ccc(CC(=O)Nc2nc(-c3cc4ccccc4o3)cs2)cc1. The van der Waals surface area contributed by atoms with E-state index in [-0.39, 0.29) is 5.91 Å². The fraction of sp³-hybridized carbons (Fsp3) is 0.143. The van der Waals surface area contributed by atoms with Gasteiger partial charge in [0.25, 0.3) is 0 Å². The van der Waals surface area contributed by atoms with Gasteiger partial charge in [0.1, 0.15) is 11.3 Å². The van der Waals surface area contributed by atoms with Gasteiger partial charge in [-0.3, -0.25) is 4.79 Å². The topological polar surface area (TPSA) is 55.1 Å². The lowest BCUT2D eigenvalue weighted by molar-refractivity contribution is -0.115. The van der Waals surface area contributed by atoms with E-state index >= 15 is 0 Å². The molecular weight excluding hydrogens is 344 g/mol. The zero-order valence-electron chi connectivity index (χ0n) is 14.4. The van der Waals surface area contributed by atoms with Gasteiger partial charge in [-0.1, -0.05) is 49.4 Å². The predicted octanol–water partition coefficient (Wildman–Crippen LogP) is 5.30. The zero-order chi connectivity index (χ0) is 17.9. The fourth-order valence-corrected chi connectivity index (χ4v) is 3.51. The molecule has 0 radical (unpaired) electrons. The molecule has 0 bridgehead atoms. The molecule has 0 saturated heterocycles. The molecule has 1 amide bonds. The number of thiazole rings is 1. The van der Waals surface area contributed by atoms with Gasteiger partial charge >= 0.3 is 0 Å². The van der Waals surface area contributed by atoms with Crippen molar-refractivity contribution in [1.29, 1.82) is 0 Å². The Morgan fingerprint density at radius 1 is 1.12 bits per heavy atom. The number of rotatable bonds is 5. The Morgan fingerprint density at radius 3 is 2.65 bits per heavy atom. The average Bonchev–Trinajstić information content (AvgIpc) is 3.28. The van der Waals surface area contributed by atoms with E-state index in [1.165, 1.54) is 16.9 Å². The van der Waals surface area contributed by atoms with E-state index in [2.05, 4.69) is 29.4 Å². The molecule has 0 aliphatic heterocycles. The molecule has 4 rings (SSSR count). The molecule has 0 aliphatic rings. The van der Waals surface area contributed by atoms with Gasteiger partial charge in [-0.2, -0.15) is 0 Å². The molecule has 0 aliphatic carbocycles. The number of fused-ring (bicyclic) bond motifs is 1. The molecule has 130 valence electrons. The summed E-state index contributed by atoms with van der Waals surface area (Å²) in [5, 5.41) is 6.38. The Kier molecular flexibility index (Phi) is 4.54. The molecule has 4 nitrogen and oxygen atoms in total. The summed E-state index contributed by atoms with van der Waals surface area (Å²) < 4.78 is 5.82. The molecule has 2 heterocycles. The van der Waals surface area contributed by atoms with Crippen LogP contribution >= 0.6 is 11.3 Å². The normalized spacial score (nSPS) is 11.0. The van der Waals surface area contributed by atoms with Gasteiger partial charge < -0.3 is 9.73 Å². The van der Waals surface area contributed by atoms with Gasteiger partial charge in [0.15, 0.2) is 10.9 Å². The summed E-state index contributed by atoms with van der Waals surface area (Å²) in [6.07, 6.45) is 1.33. The average molecular weight is 362 g/mol. The van der Waals surface area contributed by atoms with Crippen LogP contribution in [-0.4, -0.2) is 10.9 Å². The summed E-state index contributed by atoms with van der Waals surface area (Å²) in [6.45, 7) is 2.11. The molecule has 0 unspecified atom stereocenters. The number of anilines is 1. The number of carbonyl (C=O) groups is 1. The van der Waals surface area contributed by atoms with Crippen molar-refractivity contribution in [3.05, 3.63) is 71.1 Å². The van der Waals surface area contributed by atoms with Gasteiger partial charge in [-0.25, -0.2) is 4.98 Å². The number of amides is 1. The number of benzene rings is 2. The van der Waals surface area contributed by atoms with Crippen LogP contribution < -0.4 is 5.32 Å². The smallest absolute Gasteiger partial charge is 0.230 e. The van der Waals surface area contributed by atoms with Crippen LogP contribution in [0.4, 0.5) is 5.13 Å². The first-order chi connectivity index (χ1) is 12.7. The molecule has 1 N–H and O–H groups in total. The number of aryl methyl sites for hydroxylation is 1. The Labute approximate surface area is 155 Å². The molecule has 2 aromatic carbocycles. The second-order valence-electron chi connectivity index (χ2n) is 6.08. The molecule has 5 heteroatoms. The first-order valence-corrected chi connectivity index (χ1v) is 9.41. The second kappa shape index (κ2) is 7.14. The van der Waals surface area contributed by atoms with Crippen molar-refractivity contribution in [3.8, 4) is 11.5 Å². The lowest BCUT2D eigenvalue weighted by Crippen LogP contribution is -2.14. The van der Waals surface area contributed by atoms with Crippen molar-refractivity contribution >= 4 is 33.3 Å². The summed E-state index contributed by atoms with van der Waals surface area (Å²) in [7, 11) is 0. The number of para-hydroxylation sites is 1. The van der Waals surface area contributed by atoms with Gasteiger partial charge in [-0.05, 0) is 29.7 Å². The lowest BCUT2D eigenvalue weighted by atomic mass is 10.1. The van der Waals surface area contributed by atoms with Crippen LogP contribution in [-0.2, 0) is 17.6 Å². The van der Waals surface area contributed by atoms with Crippen LogP contribution in [0.25, 0.3) is 22.4 Å². The molecule has 26 heavy (non-hydrogen) atoms. The van der Waals surface area contributed by atoms with Gasteiger partial charge in [0.2, 0.25) is 5.91 Å². The maximum atomic E-state index is 12.3. The Bertz CT molecular complexity index is 1010. The van der Waals surface area contributed by atoms with Crippen molar-refractivity contribution in [2.75, 3.05) is 5.32 Å². The van der Waals surface area contributed by atoms with Crippen molar-refractivity contribution in [1.82, 2.24) is 4.98 Å². The van der Waals surface area contributed by atoms with Crippen molar-refractivity contribution in [2.24, 2.45) is 0 Å². The van der Waals surface area contributed by atoms with E-state index in [9.17, 15) is 4.79 Å². The summed E-state index contributed by atoms with van der Waals surface area (Å²) in [5.41, 5.74) is 3.82. The number of carbonyl (C=O) groups excluding carboxylic acids is 1. The van der Waals surface area contributed by atoms with E-state index in [1.54, 1.807) is 0 Å². The molecule has 0 saturated carbocycles. The van der Waals surface area contributed by atoms with Crippen LogP contribution in [0.1, 0.15) is 18.1 Å². The van der Waals surface area contributed by atoms with Crippen LogP contribution in [0.15, 0.2) is 64.4 Å². The fourth-order valence-electron chi connectivity index (χ4n) is 2.79. The monoisotopic (exact) mass is 362 g/mol. The van der Waals surface area contributed by atoms with Crippen molar-refractivity contribution < 1.29 is 9.21 Å². The van der Waals surface area contributed by atoms with Gasteiger partial charge in [-0.15, -0.1) is 11.3 Å². The number of nitrogens with zero attached hydrogens (tertiary/aromatic N) is 1. The zero-order valence-corrected chi connectivity index (χ0v) is 15.2. The van der Waals surface area contributed by atoms with Gasteiger partial charge in [0.05, 0.1) is 6.42 Å². The maximum Gasteiger partial charge on any atom is 0.230 e. The molecule has 0 spiro atoms. The number of aromatic nitrogens is 1. The summed E-state index contributed by atoms with van der Waals surface area (Å²) in [4.78, 5) is 16.7. The van der Waals surface area contributed by atoms with E-state index in [1.807, 2.05) is 47.8 Å². The molecule has 0 fully saturated rings. The summed E-state index contributed by atoms with van der Waals surface area (Å²) >= 11 is 1.40. The Balaban J connectivity index is 1.44. The third-order valence-corrected chi connectivity index (χ3v) is 4.98. The number of furan rings is 1. The molecule has 4 aromatic rings. The quantitative estimate of drug-likeness (QED) is 0.524. The predicted molar refractivity (Wildman–Crippen MR) is 105 cm³/mol. The van der Waals surface area contributed by atoms with E-state index < -0.39 is 0 Å². The first-order valence-electron chi connectivity index (χ1n) is 8.53. The highest BCUT2D eigenvalue weighted by Crippen LogP contribution is 2.30. The third-order valence-electron chi connectivity index (χ3n) is 4.22. The minimum absolute atomic E-state index is 0.0697. The number of hydrogen-bond acceptors (Lipinski definition) is 4. The highest BCUT2D eigenvalue weighted by Gasteiger charge is 2.12. The van der Waals surface area contributed by atoms with Crippen molar-refractivity contribution in [3.63, 3.8) is 0 Å². The highest BCUT2D eigenvalue weighted by molar-refractivity contribution is 7.14. The van der Waals surface area contributed by atoms with E-state index in [0.717, 1.165) is 28.6 Å². The van der Waals surface area contributed by atoms with Crippen LogP contribution in [0, 0.1) is 0 Å². The first kappa shape index (κ1) is 16.5. The molecular formula is C21H18N2O2S. The van der Waals surface area contributed by atoms with Crippen LogP contribution in [0.3, 0.4) is 0 Å². The number of nitrogens with one attached hydrogen (secondary N) is 1. The standard InChI is InChI=1S/C21H18N2O2S/c1-2-14-7-9-15(10-8-14)11-20(24)23-21-22-17(13-26-21)19-12-16-5-3-4-6-18(16)25-19/h3-10,12-13H,2,11H2,1H3,(H,22,23,24).